The third-order valence-corrected chi connectivity index (χ3v) is 2.02. The van der Waals surface area contributed by atoms with E-state index in [0.717, 1.165) is 0 Å². The summed E-state index contributed by atoms with van der Waals surface area (Å²) >= 11 is 0. The van der Waals surface area contributed by atoms with Gasteiger partial charge in [0.25, 0.3) is 0 Å². The Morgan fingerprint density at radius 2 is 2.45 bits per heavy atom. The summed E-state index contributed by atoms with van der Waals surface area (Å²) in [6, 6.07) is 0. The van der Waals surface area contributed by atoms with Gasteiger partial charge in [-0.3, -0.25) is 9.59 Å². The molecule has 0 aromatic rings. The molecule has 4 heteroatoms. The maximum absolute atomic E-state index is 10.8. The summed E-state index contributed by atoms with van der Waals surface area (Å²) in [7, 11) is 1.28. The number of aliphatic hydroxyl groups excluding tert-OH is 1. The highest BCUT2D eigenvalue weighted by molar-refractivity contribution is 5.96. The number of ether oxygens (including phenoxy) is 1. The number of hydrogen-bond donors (Lipinski definition) is 1. The van der Waals surface area contributed by atoms with Crippen LogP contribution in [0.3, 0.4) is 0 Å². The minimum Gasteiger partial charge on any atom is -0.469 e. The Hall–Kier alpha value is -0.900. The number of rotatable bonds is 2. The van der Waals surface area contributed by atoms with Crippen LogP contribution in [-0.2, 0) is 14.3 Å². The van der Waals surface area contributed by atoms with Gasteiger partial charge >= 0.3 is 5.97 Å². The molecule has 4 nitrogen and oxygen atoms in total. The number of methoxy groups -OCH3 is 1. The van der Waals surface area contributed by atoms with Gasteiger partial charge in [-0.25, -0.2) is 0 Å². The van der Waals surface area contributed by atoms with E-state index in [9.17, 15) is 9.59 Å². The first kappa shape index (κ1) is 8.20. The fourth-order valence-electron chi connectivity index (χ4n) is 1.20. The number of esters is 1. The zero-order valence-corrected chi connectivity index (χ0v) is 6.24. The summed E-state index contributed by atoms with van der Waals surface area (Å²) in [5, 5.41) is 8.64. The molecule has 1 saturated carbocycles. The standard InChI is InChI=1S/C7H10O4/c1-11-7(10)4-2-6(9)5(4)3-8/h4-5,8H,2-3H2,1H3/t4-,5+/m1/s1. The Kier molecular flexibility index (Phi) is 2.24. The van der Waals surface area contributed by atoms with Gasteiger partial charge in [-0.2, -0.15) is 0 Å². The molecule has 1 rings (SSSR count). The van der Waals surface area contributed by atoms with Crippen molar-refractivity contribution >= 4 is 11.8 Å². The molecule has 0 saturated heterocycles. The van der Waals surface area contributed by atoms with Gasteiger partial charge in [0.1, 0.15) is 5.78 Å². The topological polar surface area (TPSA) is 63.6 Å². The average Bonchev–Trinajstić information content (AvgIpc) is 1.99. The van der Waals surface area contributed by atoms with Crippen LogP contribution in [0.15, 0.2) is 0 Å². The number of carbonyl (C=O) groups is 2. The third-order valence-electron chi connectivity index (χ3n) is 2.02. The monoisotopic (exact) mass is 158 g/mol. The number of ketones is 1. The highest BCUT2D eigenvalue weighted by Gasteiger charge is 2.44. The second-order valence-corrected chi connectivity index (χ2v) is 2.59. The van der Waals surface area contributed by atoms with Crippen molar-refractivity contribution in [2.75, 3.05) is 13.7 Å². The lowest BCUT2D eigenvalue weighted by Gasteiger charge is -2.30. The van der Waals surface area contributed by atoms with Crippen LogP contribution in [0.4, 0.5) is 0 Å². The van der Waals surface area contributed by atoms with E-state index in [2.05, 4.69) is 4.74 Å². The van der Waals surface area contributed by atoms with Crippen molar-refractivity contribution in [3.05, 3.63) is 0 Å². The Bertz CT molecular complexity index is 187. The number of aliphatic hydroxyl groups is 1. The van der Waals surface area contributed by atoms with Crippen LogP contribution >= 0.6 is 0 Å². The summed E-state index contributed by atoms with van der Waals surface area (Å²) in [4.78, 5) is 21.5. The molecule has 11 heavy (non-hydrogen) atoms. The van der Waals surface area contributed by atoms with E-state index >= 15 is 0 Å². The van der Waals surface area contributed by atoms with E-state index in [-0.39, 0.29) is 18.8 Å². The van der Waals surface area contributed by atoms with Crippen molar-refractivity contribution in [1.82, 2.24) is 0 Å². The average molecular weight is 158 g/mol. The molecule has 1 aliphatic carbocycles. The molecule has 1 N–H and O–H groups in total. The summed E-state index contributed by atoms with van der Waals surface area (Å²) in [5.41, 5.74) is 0. The zero-order chi connectivity index (χ0) is 8.43. The van der Waals surface area contributed by atoms with Gasteiger partial charge in [0.2, 0.25) is 0 Å². The molecular formula is C7H10O4. The molecular weight excluding hydrogens is 148 g/mol. The minimum absolute atomic E-state index is 0.0529. The van der Waals surface area contributed by atoms with Gasteiger partial charge in [-0.1, -0.05) is 0 Å². The predicted octanol–water partition coefficient (Wildman–Crippen LogP) is -0.643. The molecule has 0 aliphatic heterocycles. The maximum atomic E-state index is 10.8. The van der Waals surface area contributed by atoms with E-state index in [0.29, 0.717) is 0 Å². The van der Waals surface area contributed by atoms with Crippen molar-refractivity contribution < 1.29 is 19.4 Å². The molecule has 62 valence electrons. The van der Waals surface area contributed by atoms with E-state index in [1.807, 2.05) is 0 Å². The van der Waals surface area contributed by atoms with E-state index < -0.39 is 17.8 Å². The number of carbonyl (C=O) groups excluding carboxylic acids is 2. The highest BCUT2D eigenvalue weighted by Crippen LogP contribution is 2.30. The lowest BCUT2D eigenvalue weighted by Crippen LogP contribution is -2.44. The van der Waals surface area contributed by atoms with Crippen LogP contribution < -0.4 is 0 Å². The van der Waals surface area contributed by atoms with Crippen LogP contribution in [0.5, 0.6) is 0 Å². The molecule has 0 radical (unpaired) electrons. The highest BCUT2D eigenvalue weighted by atomic mass is 16.5. The quantitative estimate of drug-likeness (QED) is 0.543. The molecule has 0 heterocycles. The Labute approximate surface area is 64.2 Å². The molecule has 1 fully saturated rings. The largest absolute Gasteiger partial charge is 0.469 e. The van der Waals surface area contributed by atoms with E-state index in [4.69, 9.17) is 5.11 Å². The molecule has 0 spiro atoms. The van der Waals surface area contributed by atoms with Crippen LogP contribution in [-0.4, -0.2) is 30.6 Å². The van der Waals surface area contributed by atoms with Gasteiger partial charge in [0.05, 0.1) is 25.6 Å². The third kappa shape index (κ3) is 1.26. The number of hydrogen-bond acceptors (Lipinski definition) is 4. The smallest absolute Gasteiger partial charge is 0.309 e. The van der Waals surface area contributed by atoms with E-state index in [1.165, 1.54) is 7.11 Å². The van der Waals surface area contributed by atoms with Gasteiger partial charge in [-0.15, -0.1) is 0 Å². The lowest BCUT2D eigenvalue weighted by molar-refractivity contribution is -0.159. The van der Waals surface area contributed by atoms with Crippen molar-refractivity contribution in [3.8, 4) is 0 Å². The van der Waals surface area contributed by atoms with Crippen molar-refractivity contribution in [2.45, 2.75) is 6.42 Å². The summed E-state index contributed by atoms with van der Waals surface area (Å²) in [5.74, 6) is -1.37. The van der Waals surface area contributed by atoms with Crippen LogP contribution in [0.1, 0.15) is 6.42 Å². The fraction of sp³-hybridized carbons (Fsp3) is 0.714. The van der Waals surface area contributed by atoms with Crippen LogP contribution in [0, 0.1) is 11.8 Å². The minimum atomic E-state index is -0.512. The first-order valence-corrected chi connectivity index (χ1v) is 3.42. The fourth-order valence-corrected chi connectivity index (χ4v) is 1.20. The number of Topliss-reactive ketones (excluding diaryl/α,β-unsaturated/α-hetero) is 1. The lowest BCUT2D eigenvalue weighted by atomic mass is 9.73. The normalized spacial score (nSPS) is 29.5. The van der Waals surface area contributed by atoms with Crippen LogP contribution in [0.2, 0.25) is 0 Å². The Morgan fingerprint density at radius 1 is 1.82 bits per heavy atom. The maximum Gasteiger partial charge on any atom is 0.309 e. The second kappa shape index (κ2) is 3.00. The Balaban J connectivity index is 2.51. The molecule has 0 amide bonds. The SMILES string of the molecule is COC(=O)[C@@H]1CC(=O)[C@H]1CO. The summed E-state index contributed by atoms with van der Waals surface area (Å²) < 4.78 is 4.43. The van der Waals surface area contributed by atoms with E-state index in [1.54, 1.807) is 0 Å². The van der Waals surface area contributed by atoms with Gasteiger partial charge in [0.15, 0.2) is 0 Å². The van der Waals surface area contributed by atoms with Crippen molar-refractivity contribution in [2.24, 2.45) is 11.8 Å². The molecule has 0 unspecified atom stereocenters. The molecule has 2 atom stereocenters. The van der Waals surface area contributed by atoms with Crippen molar-refractivity contribution in [1.29, 1.82) is 0 Å². The predicted molar refractivity (Wildman–Crippen MR) is 35.7 cm³/mol. The van der Waals surface area contributed by atoms with Gasteiger partial charge in [0, 0.05) is 6.42 Å². The molecule has 0 aromatic carbocycles. The van der Waals surface area contributed by atoms with Gasteiger partial charge in [-0.05, 0) is 0 Å². The van der Waals surface area contributed by atoms with Crippen molar-refractivity contribution in [3.63, 3.8) is 0 Å². The molecule has 0 aromatic heterocycles. The van der Waals surface area contributed by atoms with Gasteiger partial charge < -0.3 is 9.84 Å². The molecule has 0 bridgehead atoms. The van der Waals surface area contributed by atoms with Crippen LogP contribution in [0.25, 0.3) is 0 Å². The summed E-state index contributed by atoms with van der Waals surface area (Å²) in [6.45, 7) is -0.251. The second-order valence-electron chi connectivity index (χ2n) is 2.59. The molecule has 1 aliphatic rings. The summed E-state index contributed by atoms with van der Waals surface area (Å²) in [6.07, 6.45) is 0.220. The first-order chi connectivity index (χ1) is 5.20. The zero-order valence-electron chi connectivity index (χ0n) is 6.24. The Morgan fingerprint density at radius 3 is 2.82 bits per heavy atom. The first-order valence-electron chi connectivity index (χ1n) is 3.42.